The summed E-state index contributed by atoms with van der Waals surface area (Å²) in [6.07, 6.45) is 3.81. The van der Waals surface area contributed by atoms with Gasteiger partial charge in [-0.15, -0.1) is 0 Å². The Bertz CT molecular complexity index is 821. The van der Waals surface area contributed by atoms with Crippen molar-refractivity contribution >= 4 is 22.4 Å². The average Bonchev–Trinajstić information content (AvgIpc) is 3.11. The molecule has 0 aliphatic carbocycles. The predicted octanol–water partition coefficient (Wildman–Crippen LogP) is 2.69. The zero-order valence-electron chi connectivity index (χ0n) is 13.0. The number of aliphatic hydroxyl groups excluding tert-OH is 1. The zero-order chi connectivity index (χ0) is 15.7. The lowest BCUT2D eigenvalue weighted by atomic mass is 9.81. The average molecular weight is 311 g/mol. The smallest absolute Gasteiger partial charge is 0.151 e. The molecular weight excluding hydrogens is 290 g/mol. The molecule has 4 rings (SSSR count). The van der Waals surface area contributed by atoms with E-state index in [1.165, 1.54) is 0 Å². The minimum Gasteiger partial charge on any atom is -0.396 e. The highest BCUT2D eigenvalue weighted by Crippen LogP contribution is 2.31. The van der Waals surface area contributed by atoms with Crippen molar-refractivity contribution in [2.45, 2.75) is 12.8 Å². The third-order valence-electron chi connectivity index (χ3n) is 4.88. The molecule has 5 heteroatoms. The first-order valence-corrected chi connectivity index (χ1v) is 8.10. The van der Waals surface area contributed by atoms with E-state index in [-0.39, 0.29) is 12.0 Å². The molecule has 2 N–H and O–H groups in total. The third kappa shape index (κ3) is 2.56. The van der Waals surface area contributed by atoms with Gasteiger partial charge in [-0.1, -0.05) is 12.1 Å². The fraction of sp³-hybridized carbons (Fsp3) is 0.389. The van der Waals surface area contributed by atoms with Gasteiger partial charge in [-0.3, -0.25) is 0 Å². The van der Waals surface area contributed by atoms with Gasteiger partial charge < -0.3 is 19.6 Å². The summed E-state index contributed by atoms with van der Waals surface area (Å²) in [6.45, 7) is 2.31. The molecule has 0 amide bonds. The van der Waals surface area contributed by atoms with E-state index < -0.39 is 0 Å². The Morgan fingerprint density at radius 2 is 1.91 bits per heavy atom. The maximum absolute atomic E-state index is 9.84. The normalized spacial score (nSPS) is 17.6. The second-order valence-electron chi connectivity index (χ2n) is 6.34. The monoisotopic (exact) mass is 311 g/mol. The molecule has 0 bridgehead atoms. The highest BCUT2D eigenvalue weighted by molar-refractivity contribution is 5.84. The van der Waals surface area contributed by atoms with Crippen molar-refractivity contribution in [2.75, 3.05) is 31.7 Å². The quantitative estimate of drug-likeness (QED) is 0.778. The molecule has 0 atom stereocenters. The van der Waals surface area contributed by atoms with Crippen molar-refractivity contribution in [3.05, 3.63) is 42.6 Å². The summed E-state index contributed by atoms with van der Waals surface area (Å²) in [5.41, 5.74) is 3.00. The number of nitrogens with zero attached hydrogens (tertiary/aromatic N) is 2. The van der Waals surface area contributed by atoms with Gasteiger partial charge in [0, 0.05) is 31.4 Å². The molecule has 1 aromatic carbocycles. The van der Waals surface area contributed by atoms with E-state index in [4.69, 9.17) is 9.72 Å². The molecule has 0 saturated carbocycles. The summed E-state index contributed by atoms with van der Waals surface area (Å²) >= 11 is 0. The van der Waals surface area contributed by atoms with Crippen molar-refractivity contribution in [2.24, 2.45) is 5.41 Å². The minimum absolute atomic E-state index is 0.116. The molecular formula is C18H21N3O2. The number of benzene rings is 1. The van der Waals surface area contributed by atoms with Gasteiger partial charge in [-0.05, 0) is 37.1 Å². The number of nitrogens with one attached hydrogen (secondary N) is 1. The first kappa shape index (κ1) is 14.5. The number of rotatable bonds is 4. The van der Waals surface area contributed by atoms with Gasteiger partial charge in [0.25, 0.3) is 0 Å². The minimum atomic E-state index is -0.116. The Morgan fingerprint density at radius 3 is 2.74 bits per heavy atom. The van der Waals surface area contributed by atoms with Crippen LogP contribution < -0.4 is 5.32 Å². The van der Waals surface area contributed by atoms with Crippen LogP contribution in [-0.2, 0) is 4.74 Å². The Hall–Kier alpha value is -2.11. The van der Waals surface area contributed by atoms with Gasteiger partial charge in [-0.25, -0.2) is 4.98 Å². The summed E-state index contributed by atoms with van der Waals surface area (Å²) in [7, 11) is 0. The summed E-state index contributed by atoms with van der Waals surface area (Å²) in [4.78, 5) is 4.78. The van der Waals surface area contributed by atoms with Crippen LogP contribution in [0.3, 0.4) is 0 Å². The van der Waals surface area contributed by atoms with Crippen LogP contribution in [0.4, 0.5) is 5.82 Å². The van der Waals surface area contributed by atoms with E-state index in [1.807, 2.05) is 24.3 Å². The van der Waals surface area contributed by atoms with Gasteiger partial charge in [-0.2, -0.15) is 0 Å². The van der Waals surface area contributed by atoms with Gasteiger partial charge in [0.05, 0.1) is 23.2 Å². The first-order valence-electron chi connectivity index (χ1n) is 8.10. The number of aromatic nitrogens is 2. The summed E-state index contributed by atoms with van der Waals surface area (Å²) in [6, 6.07) is 12.2. The predicted molar refractivity (Wildman–Crippen MR) is 90.8 cm³/mol. The van der Waals surface area contributed by atoms with E-state index in [0.717, 1.165) is 35.2 Å². The molecule has 3 aromatic rings. The highest BCUT2D eigenvalue weighted by Gasteiger charge is 2.32. The third-order valence-corrected chi connectivity index (χ3v) is 4.88. The van der Waals surface area contributed by atoms with Gasteiger partial charge in [0.15, 0.2) is 5.82 Å². The lowest BCUT2D eigenvalue weighted by Crippen LogP contribution is -2.39. The van der Waals surface area contributed by atoms with E-state index in [2.05, 4.69) is 28.0 Å². The van der Waals surface area contributed by atoms with E-state index in [9.17, 15) is 5.11 Å². The molecule has 3 heterocycles. The highest BCUT2D eigenvalue weighted by atomic mass is 16.5. The standard InChI is InChI=1S/C18H21N3O2/c22-13-18(7-10-23-11-8-18)12-19-17-16-6-3-9-21(16)15-5-2-1-4-14(15)20-17/h1-6,9,22H,7-8,10-13H2,(H,19,20). The molecule has 1 aliphatic rings. The van der Waals surface area contributed by atoms with Crippen LogP contribution >= 0.6 is 0 Å². The van der Waals surface area contributed by atoms with Crippen LogP contribution in [0.1, 0.15) is 12.8 Å². The van der Waals surface area contributed by atoms with E-state index in [1.54, 1.807) is 0 Å². The maximum atomic E-state index is 9.84. The second-order valence-corrected chi connectivity index (χ2v) is 6.34. The molecule has 1 aliphatic heterocycles. The summed E-state index contributed by atoms with van der Waals surface area (Å²) < 4.78 is 7.59. The number of aliphatic hydroxyl groups is 1. The second kappa shape index (κ2) is 5.83. The molecule has 5 nitrogen and oxygen atoms in total. The van der Waals surface area contributed by atoms with E-state index in [0.29, 0.717) is 19.8 Å². The zero-order valence-corrected chi connectivity index (χ0v) is 13.0. The fourth-order valence-electron chi connectivity index (χ4n) is 3.32. The number of para-hydroxylation sites is 2. The van der Waals surface area contributed by atoms with Gasteiger partial charge in [0.1, 0.15) is 0 Å². The largest absolute Gasteiger partial charge is 0.396 e. The van der Waals surface area contributed by atoms with Crippen LogP contribution in [0.15, 0.2) is 42.6 Å². The van der Waals surface area contributed by atoms with Crippen molar-refractivity contribution in [1.29, 1.82) is 0 Å². The van der Waals surface area contributed by atoms with Crippen molar-refractivity contribution in [3.63, 3.8) is 0 Å². The number of hydrogen-bond acceptors (Lipinski definition) is 4. The summed E-state index contributed by atoms with van der Waals surface area (Å²) in [5.74, 6) is 0.869. The molecule has 23 heavy (non-hydrogen) atoms. The lowest BCUT2D eigenvalue weighted by molar-refractivity contribution is -0.00860. The Balaban J connectivity index is 1.69. The van der Waals surface area contributed by atoms with Crippen LogP contribution in [0.2, 0.25) is 0 Å². The Labute approximate surface area is 134 Å². The van der Waals surface area contributed by atoms with E-state index >= 15 is 0 Å². The first-order chi connectivity index (χ1) is 11.3. The number of fused-ring (bicyclic) bond motifs is 3. The number of ether oxygens (including phenoxy) is 1. The Kier molecular flexibility index (Phi) is 3.67. The Morgan fingerprint density at radius 1 is 1.13 bits per heavy atom. The molecule has 1 saturated heterocycles. The van der Waals surface area contributed by atoms with Gasteiger partial charge in [0.2, 0.25) is 0 Å². The molecule has 0 spiro atoms. The SMILES string of the molecule is OCC1(CNc2nc3ccccc3n3cccc23)CCOCC1. The lowest BCUT2D eigenvalue weighted by Gasteiger charge is -2.35. The molecule has 0 radical (unpaired) electrons. The molecule has 120 valence electrons. The topological polar surface area (TPSA) is 58.8 Å². The van der Waals surface area contributed by atoms with Crippen molar-refractivity contribution in [1.82, 2.24) is 9.38 Å². The van der Waals surface area contributed by atoms with Crippen LogP contribution in [0.5, 0.6) is 0 Å². The summed E-state index contributed by atoms with van der Waals surface area (Å²) in [5, 5.41) is 13.3. The van der Waals surface area contributed by atoms with Crippen LogP contribution in [0.25, 0.3) is 16.6 Å². The van der Waals surface area contributed by atoms with Crippen LogP contribution in [-0.4, -0.2) is 40.9 Å². The van der Waals surface area contributed by atoms with Crippen molar-refractivity contribution < 1.29 is 9.84 Å². The van der Waals surface area contributed by atoms with Crippen LogP contribution in [0, 0.1) is 5.41 Å². The maximum Gasteiger partial charge on any atom is 0.151 e. The van der Waals surface area contributed by atoms with Gasteiger partial charge >= 0.3 is 0 Å². The number of hydrogen-bond donors (Lipinski definition) is 2. The molecule has 1 fully saturated rings. The van der Waals surface area contributed by atoms with Crippen molar-refractivity contribution in [3.8, 4) is 0 Å². The molecule has 0 unspecified atom stereocenters. The fourth-order valence-corrected chi connectivity index (χ4v) is 3.32. The molecule has 2 aromatic heterocycles. The number of anilines is 1.